The van der Waals surface area contributed by atoms with E-state index in [-0.39, 0.29) is 5.91 Å². The lowest BCUT2D eigenvalue weighted by Gasteiger charge is -2.14. The normalized spacial score (nSPS) is 14.7. The molecule has 4 nitrogen and oxygen atoms in total. The highest BCUT2D eigenvalue weighted by Crippen LogP contribution is 2.24. The Hall–Kier alpha value is -2.14. The molecule has 0 aliphatic carbocycles. The first-order valence-electron chi connectivity index (χ1n) is 8.01. The predicted molar refractivity (Wildman–Crippen MR) is 92.8 cm³/mol. The molecule has 5 heteroatoms. The van der Waals surface area contributed by atoms with Crippen molar-refractivity contribution in [3.8, 4) is 11.3 Å². The quantitative estimate of drug-likeness (QED) is 0.739. The number of amides is 1. The van der Waals surface area contributed by atoms with Crippen LogP contribution >= 0.6 is 11.3 Å². The highest BCUT2D eigenvalue weighted by molar-refractivity contribution is 7.15. The maximum absolute atomic E-state index is 12.4. The second-order valence-corrected chi connectivity index (χ2v) is 6.97. The van der Waals surface area contributed by atoms with Gasteiger partial charge in [-0.15, -0.1) is 11.3 Å². The van der Waals surface area contributed by atoms with E-state index in [9.17, 15) is 4.79 Å². The van der Waals surface area contributed by atoms with Crippen molar-refractivity contribution in [3.05, 3.63) is 47.1 Å². The average molecular weight is 325 g/mol. The van der Waals surface area contributed by atoms with Gasteiger partial charge in [-0.05, 0) is 19.8 Å². The van der Waals surface area contributed by atoms with E-state index < -0.39 is 0 Å². The van der Waals surface area contributed by atoms with Gasteiger partial charge in [-0.2, -0.15) is 0 Å². The number of fused-ring (bicyclic) bond motifs is 1. The molecule has 3 aromatic rings. The van der Waals surface area contributed by atoms with E-state index in [4.69, 9.17) is 4.98 Å². The lowest BCUT2D eigenvalue weighted by Crippen LogP contribution is -2.29. The van der Waals surface area contributed by atoms with Crippen LogP contribution in [0, 0.1) is 6.92 Å². The standard InChI is InChI=1S/C18H19N3OS/c1-13-4-6-14(7-5-13)16-11-21-15(12-23-18(21)19-16)10-17(22)20-8-2-3-9-20/h4-7,11-12H,2-3,8-10H2,1H3. The first-order valence-corrected chi connectivity index (χ1v) is 8.89. The first-order chi connectivity index (χ1) is 11.2. The Morgan fingerprint density at radius 2 is 1.96 bits per heavy atom. The van der Waals surface area contributed by atoms with Gasteiger partial charge >= 0.3 is 0 Å². The third-order valence-corrected chi connectivity index (χ3v) is 5.31. The number of rotatable bonds is 3. The smallest absolute Gasteiger partial charge is 0.228 e. The molecular formula is C18H19N3OS. The van der Waals surface area contributed by atoms with Gasteiger partial charge in [-0.25, -0.2) is 4.98 Å². The lowest BCUT2D eigenvalue weighted by molar-refractivity contribution is -0.129. The van der Waals surface area contributed by atoms with Gasteiger partial charge in [0.05, 0.1) is 12.1 Å². The fourth-order valence-corrected chi connectivity index (χ4v) is 3.93. The summed E-state index contributed by atoms with van der Waals surface area (Å²) in [6.45, 7) is 3.90. The molecule has 0 saturated carbocycles. The number of thiazole rings is 1. The van der Waals surface area contributed by atoms with Gasteiger partial charge in [0.1, 0.15) is 0 Å². The SMILES string of the molecule is Cc1ccc(-c2cn3c(CC(=O)N4CCCC4)csc3n2)cc1. The van der Waals surface area contributed by atoms with E-state index in [1.807, 2.05) is 11.1 Å². The number of benzene rings is 1. The van der Waals surface area contributed by atoms with Gasteiger partial charge in [0.2, 0.25) is 5.91 Å². The first kappa shape index (κ1) is 14.5. The van der Waals surface area contributed by atoms with Crippen LogP contribution in [0.2, 0.25) is 0 Å². The van der Waals surface area contributed by atoms with Crippen LogP contribution in [0.1, 0.15) is 24.1 Å². The number of aromatic nitrogens is 2. The molecule has 0 bridgehead atoms. The molecule has 0 unspecified atom stereocenters. The van der Waals surface area contributed by atoms with Crippen molar-refractivity contribution in [1.29, 1.82) is 0 Å². The summed E-state index contributed by atoms with van der Waals surface area (Å²) in [5.74, 6) is 0.229. The maximum atomic E-state index is 12.4. The second-order valence-electron chi connectivity index (χ2n) is 6.14. The number of hydrogen-bond donors (Lipinski definition) is 0. The van der Waals surface area contributed by atoms with Gasteiger partial charge in [0.15, 0.2) is 4.96 Å². The zero-order valence-electron chi connectivity index (χ0n) is 13.2. The zero-order valence-corrected chi connectivity index (χ0v) is 14.0. The molecule has 3 heterocycles. The topological polar surface area (TPSA) is 37.6 Å². The molecule has 2 aromatic heterocycles. The predicted octanol–water partition coefficient (Wildman–Crippen LogP) is 3.54. The van der Waals surface area contributed by atoms with Crippen molar-refractivity contribution in [1.82, 2.24) is 14.3 Å². The molecule has 4 rings (SSSR count). The summed E-state index contributed by atoms with van der Waals surface area (Å²) in [7, 11) is 0. The van der Waals surface area contributed by atoms with E-state index in [1.54, 1.807) is 11.3 Å². The summed E-state index contributed by atoms with van der Waals surface area (Å²) in [6.07, 6.45) is 4.77. The average Bonchev–Trinajstić information content (AvgIpc) is 3.25. The molecule has 0 atom stereocenters. The Balaban J connectivity index is 1.61. The minimum atomic E-state index is 0.229. The van der Waals surface area contributed by atoms with E-state index in [1.165, 1.54) is 5.56 Å². The van der Waals surface area contributed by atoms with E-state index in [0.29, 0.717) is 6.42 Å². The highest BCUT2D eigenvalue weighted by atomic mass is 32.1. The summed E-state index contributed by atoms with van der Waals surface area (Å²) in [5.41, 5.74) is 4.36. The highest BCUT2D eigenvalue weighted by Gasteiger charge is 2.20. The number of hydrogen-bond acceptors (Lipinski definition) is 3. The molecule has 1 aliphatic heterocycles. The third-order valence-electron chi connectivity index (χ3n) is 4.42. The Morgan fingerprint density at radius 1 is 1.22 bits per heavy atom. The molecule has 23 heavy (non-hydrogen) atoms. The lowest BCUT2D eigenvalue weighted by atomic mass is 10.1. The summed E-state index contributed by atoms with van der Waals surface area (Å²) < 4.78 is 2.06. The van der Waals surface area contributed by atoms with Crippen LogP contribution < -0.4 is 0 Å². The summed E-state index contributed by atoms with van der Waals surface area (Å²) in [4.78, 5) is 20.0. The van der Waals surface area contributed by atoms with Crippen molar-refractivity contribution in [2.45, 2.75) is 26.2 Å². The Labute approximate surface area is 139 Å². The van der Waals surface area contributed by atoms with E-state index in [0.717, 1.165) is 47.8 Å². The van der Waals surface area contributed by atoms with E-state index >= 15 is 0 Å². The fourth-order valence-electron chi connectivity index (χ4n) is 3.05. The molecular weight excluding hydrogens is 306 g/mol. The third kappa shape index (κ3) is 2.77. The minimum Gasteiger partial charge on any atom is -0.342 e. The monoisotopic (exact) mass is 325 g/mol. The van der Waals surface area contributed by atoms with Crippen LogP contribution in [0.15, 0.2) is 35.8 Å². The number of imidazole rings is 1. The van der Waals surface area contributed by atoms with Crippen molar-refractivity contribution < 1.29 is 4.79 Å². The fraction of sp³-hybridized carbons (Fsp3) is 0.333. The van der Waals surface area contributed by atoms with Crippen LogP contribution in [-0.4, -0.2) is 33.3 Å². The van der Waals surface area contributed by atoms with Crippen LogP contribution in [-0.2, 0) is 11.2 Å². The van der Waals surface area contributed by atoms with Crippen molar-refractivity contribution >= 4 is 22.2 Å². The Morgan fingerprint density at radius 3 is 2.70 bits per heavy atom. The maximum Gasteiger partial charge on any atom is 0.228 e. The summed E-state index contributed by atoms with van der Waals surface area (Å²) >= 11 is 1.60. The number of aryl methyl sites for hydroxylation is 1. The Kier molecular flexibility index (Phi) is 3.65. The molecule has 0 spiro atoms. The van der Waals surface area contributed by atoms with E-state index in [2.05, 4.69) is 41.0 Å². The number of nitrogens with zero attached hydrogens (tertiary/aromatic N) is 3. The zero-order chi connectivity index (χ0) is 15.8. The number of carbonyl (C=O) groups excluding carboxylic acids is 1. The van der Waals surface area contributed by atoms with Crippen molar-refractivity contribution in [2.75, 3.05) is 13.1 Å². The second kappa shape index (κ2) is 5.81. The molecule has 0 radical (unpaired) electrons. The van der Waals surface area contributed by atoms with Crippen molar-refractivity contribution in [3.63, 3.8) is 0 Å². The molecule has 118 valence electrons. The molecule has 0 N–H and O–H groups in total. The van der Waals surface area contributed by atoms with Crippen LogP contribution in [0.5, 0.6) is 0 Å². The largest absolute Gasteiger partial charge is 0.342 e. The van der Waals surface area contributed by atoms with Crippen LogP contribution in [0.25, 0.3) is 16.2 Å². The Bertz CT molecular complexity index is 841. The minimum absolute atomic E-state index is 0.229. The van der Waals surface area contributed by atoms with Gasteiger partial charge in [0, 0.05) is 35.9 Å². The van der Waals surface area contributed by atoms with Crippen molar-refractivity contribution in [2.24, 2.45) is 0 Å². The summed E-state index contributed by atoms with van der Waals surface area (Å²) in [6, 6.07) is 8.38. The van der Waals surface area contributed by atoms with Crippen LogP contribution in [0.4, 0.5) is 0 Å². The van der Waals surface area contributed by atoms with Gasteiger partial charge in [-0.1, -0.05) is 29.8 Å². The summed E-state index contributed by atoms with van der Waals surface area (Å²) in [5, 5.41) is 2.05. The van der Waals surface area contributed by atoms with Gasteiger partial charge in [0.25, 0.3) is 0 Å². The molecule has 1 fully saturated rings. The van der Waals surface area contributed by atoms with Gasteiger partial charge in [-0.3, -0.25) is 9.20 Å². The van der Waals surface area contributed by atoms with Gasteiger partial charge < -0.3 is 4.90 Å². The molecule has 1 amide bonds. The molecule has 1 aromatic carbocycles. The number of likely N-dealkylation sites (tertiary alicyclic amines) is 1. The van der Waals surface area contributed by atoms with Crippen LogP contribution in [0.3, 0.4) is 0 Å². The molecule has 1 aliphatic rings. The molecule has 1 saturated heterocycles. The number of carbonyl (C=O) groups is 1.